The molecule has 1 aliphatic rings. The summed E-state index contributed by atoms with van der Waals surface area (Å²) in [5.41, 5.74) is 0. The summed E-state index contributed by atoms with van der Waals surface area (Å²) in [6.07, 6.45) is 2.38. The number of hydrogen-bond donors (Lipinski definition) is 1. The molecular formula is C15H26N4S. The molecule has 1 unspecified atom stereocenters. The fraction of sp³-hybridized carbons (Fsp3) is 0.667. The van der Waals surface area contributed by atoms with Crippen LogP contribution in [-0.2, 0) is 6.42 Å². The van der Waals surface area contributed by atoms with E-state index in [2.05, 4.69) is 51.7 Å². The fourth-order valence-corrected chi connectivity index (χ4v) is 3.35. The molecule has 1 saturated heterocycles. The molecule has 1 aromatic heterocycles. The van der Waals surface area contributed by atoms with Crippen molar-refractivity contribution in [1.82, 2.24) is 15.1 Å². The lowest BCUT2D eigenvalue weighted by Gasteiger charge is -2.23. The van der Waals surface area contributed by atoms with Gasteiger partial charge in [-0.3, -0.25) is 4.99 Å². The van der Waals surface area contributed by atoms with E-state index in [4.69, 9.17) is 0 Å². The topological polar surface area (TPSA) is 30.9 Å². The number of aliphatic imine (C=N–C) groups is 1. The van der Waals surface area contributed by atoms with E-state index < -0.39 is 0 Å². The quantitative estimate of drug-likeness (QED) is 0.663. The largest absolute Gasteiger partial charge is 0.356 e. The Morgan fingerprint density at radius 2 is 2.45 bits per heavy atom. The summed E-state index contributed by atoms with van der Waals surface area (Å²) in [4.78, 5) is 10.4. The van der Waals surface area contributed by atoms with E-state index in [1.807, 2.05) is 18.4 Å². The van der Waals surface area contributed by atoms with Crippen molar-refractivity contribution in [1.29, 1.82) is 0 Å². The maximum atomic E-state index is 4.39. The Hall–Kier alpha value is -1.07. The highest BCUT2D eigenvalue weighted by Crippen LogP contribution is 2.13. The average molecular weight is 294 g/mol. The van der Waals surface area contributed by atoms with Crippen LogP contribution >= 0.6 is 11.3 Å². The Morgan fingerprint density at radius 1 is 1.60 bits per heavy atom. The SMILES string of the molecule is CN=C(NCC1CCN(C)C1)N(C)CCc1cccs1. The van der Waals surface area contributed by atoms with Crippen LogP contribution in [0, 0.1) is 5.92 Å². The van der Waals surface area contributed by atoms with Gasteiger partial charge in [0.2, 0.25) is 0 Å². The number of guanidine groups is 1. The smallest absolute Gasteiger partial charge is 0.193 e. The van der Waals surface area contributed by atoms with Crippen LogP contribution in [0.15, 0.2) is 22.5 Å². The molecule has 4 nitrogen and oxygen atoms in total. The van der Waals surface area contributed by atoms with Crippen molar-refractivity contribution in [2.24, 2.45) is 10.9 Å². The Labute approximate surface area is 126 Å². The van der Waals surface area contributed by atoms with Gasteiger partial charge in [-0.05, 0) is 43.8 Å². The molecule has 0 bridgehead atoms. The van der Waals surface area contributed by atoms with Crippen LogP contribution in [-0.4, -0.2) is 63.1 Å². The number of rotatable bonds is 5. The summed E-state index contributed by atoms with van der Waals surface area (Å²) in [6.45, 7) is 4.45. The van der Waals surface area contributed by atoms with Gasteiger partial charge < -0.3 is 15.1 Å². The van der Waals surface area contributed by atoms with Crippen LogP contribution in [0.1, 0.15) is 11.3 Å². The van der Waals surface area contributed by atoms with E-state index in [1.165, 1.54) is 24.4 Å². The van der Waals surface area contributed by atoms with Gasteiger partial charge in [-0.15, -0.1) is 11.3 Å². The molecule has 20 heavy (non-hydrogen) atoms. The van der Waals surface area contributed by atoms with E-state index in [0.29, 0.717) is 0 Å². The third-order valence-electron chi connectivity index (χ3n) is 3.88. The van der Waals surface area contributed by atoms with Gasteiger partial charge in [0, 0.05) is 38.6 Å². The maximum absolute atomic E-state index is 4.39. The second-order valence-corrected chi connectivity index (χ2v) is 6.63. The summed E-state index contributed by atoms with van der Waals surface area (Å²) in [5.74, 6) is 1.76. The molecule has 5 heteroatoms. The van der Waals surface area contributed by atoms with Crippen LogP contribution in [0.2, 0.25) is 0 Å². The van der Waals surface area contributed by atoms with Crippen LogP contribution in [0.25, 0.3) is 0 Å². The minimum absolute atomic E-state index is 0.752. The molecule has 0 aliphatic carbocycles. The van der Waals surface area contributed by atoms with Crippen molar-refractivity contribution < 1.29 is 0 Å². The van der Waals surface area contributed by atoms with Gasteiger partial charge in [0.05, 0.1) is 0 Å². The van der Waals surface area contributed by atoms with Crippen LogP contribution in [0.3, 0.4) is 0 Å². The van der Waals surface area contributed by atoms with Gasteiger partial charge in [-0.1, -0.05) is 6.07 Å². The molecule has 0 saturated carbocycles. The van der Waals surface area contributed by atoms with Crippen molar-refractivity contribution in [2.45, 2.75) is 12.8 Å². The molecule has 2 heterocycles. The van der Waals surface area contributed by atoms with Gasteiger partial charge in [0.15, 0.2) is 5.96 Å². The highest BCUT2D eigenvalue weighted by atomic mass is 32.1. The Bertz CT molecular complexity index is 416. The van der Waals surface area contributed by atoms with Crippen molar-refractivity contribution >= 4 is 17.3 Å². The summed E-state index contributed by atoms with van der Waals surface area (Å²) in [7, 11) is 6.18. The first-order valence-electron chi connectivity index (χ1n) is 7.31. The van der Waals surface area contributed by atoms with Gasteiger partial charge in [0.1, 0.15) is 0 Å². The van der Waals surface area contributed by atoms with Gasteiger partial charge in [-0.25, -0.2) is 0 Å². The normalized spacial score (nSPS) is 20.4. The van der Waals surface area contributed by atoms with Gasteiger partial charge in [0.25, 0.3) is 0 Å². The highest BCUT2D eigenvalue weighted by Gasteiger charge is 2.19. The van der Waals surface area contributed by atoms with Crippen LogP contribution in [0.4, 0.5) is 0 Å². The standard InChI is InChI=1S/C15H26N4S/c1-16-15(17-11-13-6-8-18(2)12-13)19(3)9-7-14-5-4-10-20-14/h4-5,10,13H,6-9,11-12H2,1-3H3,(H,16,17). The Morgan fingerprint density at radius 3 is 3.05 bits per heavy atom. The minimum Gasteiger partial charge on any atom is -0.356 e. The number of hydrogen-bond acceptors (Lipinski definition) is 3. The van der Waals surface area contributed by atoms with Crippen molar-refractivity contribution in [3.05, 3.63) is 22.4 Å². The second-order valence-electron chi connectivity index (χ2n) is 5.60. The van der Waals surface area contributed by atoms with Crippen LogP contribution in [0.5, 0.6) is 0 Å². The molecule has 1 N–H and O–H groups in total. The minimum atomic E-state index is 0.752. The lowest BCUT2D eigenvalue weighted by Crippen LogP contribution is -2.42. The number of nitrogens with zero attached hydrogens (tertiary/aromatic N) is 3. The third kappa shape index (κ3) is 4.49. The van der Waals surface area contributed by atoms with Crippen LogP contribution < -0.4 is 5.32 Å². The zero-order valence-corrected chi connectivity index (χ0v) is 13.6. The zero-order valence-electron chi connectivity index (χ0n) is 12.8. The first-order valence-corrected chi connectivity index (χ1v) is 8.19. The molecule has 0 radical (unpaired) electrons. The van der Waals surface area contributed by atoms with Crippen molar-refractivity contribution in [3.63, 3.8) is 0 Å². The Balaban J connectivity index is 1.73. The lowest BCUT2D eigenvalue weighted by atomic mass is 10.1. The molecular weight excluding hydrogens is 268 g/mol. The molecule has 1 aliphatic heterocycles. The number of thiophene rings is 1. The zero-order chi connectivity index (χ0) is 14.4. The summed E-state index contributed by atoms with van der Waals surface area (Å²) < 4.78 is 0. The fourth-order valence-electron chi connectivity index (χ4n) is 2.65. The van der Waals surface area contributed by atoms with Gasteiger partial charge in [-0.2, -0.15) is 0 Å². The summed E-state index contributed by atoms with van der Waals surface area (Å²) >= 11 is 1.83. The summed E-state index contributed by atoms with van der Waals surface area (Å²) in [5, 5.41) is 5.65. The lowest BCUT2D eigenvalue weighted by molar-refractivity contribution is 0.391. The van der Waals surface area contributed by atoms with E-state index in [9.17, 15) is 0 Å². The van der Waals surface area contributed by atoms with E-state index in [0.717, 1.165) is 31.4 Å². The number of nitrogens with one attached hydrogen (secondary N) is 1. The molecule has 2 rings (SSSR count). The monoisotopic (exact) mass is 294 g/mol. The van der Waals surface area contributed by atoms with E-state index in [-0.39, 0.29) is 0 Å². The number of likely N-dealkylation sites (tertiary alicyclic amines) is 1. The van der Waals surface area contributed by atoms with Crippen molar-refractivity contribution in [2.75, 3.05) is 47.3 Å². The first kappa shape index (κ1) is 15.3. The molecule has 0 amide bonds. The third-order valence-corrected chi connectivity index (χ3v) is 4.82. The molecule has 0 aromatic carbocycles. The van der Waals surface area contributed by atoms with Gasteiger partial charge >= 0.3 is 0 Å². The average Bonchev–Trinajstić information content (AvgIpc) is 3.08. The molecule has 1 atom stereocenters. The highest BCUT2D eigenvalue weighted by molar-refractivity contribution is 7.09. The molecule has 1 fully saturated rings. The van der Waals surface area contributed by atoms with E-state index in [1.54, 1.807) is 0 Å². The molecule has 112 valence electrons. The maximum Gasteiger partial charge on any atom is 0.193 e. The number of likely N-dealkylation sites (N-methyl/N-ethyl adjacent to an activating group) is 1. The summed E-state index contributed by atoms with van der Waals surface area (Å²) in [6, 6.07) is 4.31. The molecule has 0 spiro atoms. The van der Waals surface area contributed by atoms with E-state index >= 15 is 0 Å². The molecule has 1 aromatic rings. The Kier molecular flexibility index (Phi) is 5.86. The van der Waals surface area contributed by atoms with Crippen molar-refractivity contribution in [3.8, 4) is 0 Å². The predicted molar refractivity (Wildman–Crippen MR) is 87.6 cm³/mol. The predicted octanol–water partition coefficient (Wildman–Crippen LogP) is 1.75. The second kappa shape index (κ2) is 7.64. The first-order chi connectivity index (χ1) is 9.69.